The van der Waals surface area contributed by atoms with Crippen molar-refractivity contribution in [2.24, 2.45) is 0 Å². The summed E-state index contributed by atoms with van der Waals surface area (Å²) >= 11 is 7.18. The first-order chi connectivity index (χ1) is 11.0. The Morgan fingerprint density at radius 3 is 2.61 bits per heavy atom. The number of sulfonamides is 1. The molecule has 3 aromatic rings. The van der Waals surface area contributed by atoms with Crippen molar-refractivity contribution in [2.45, 2.75) is 10.8 Å². The first-order valence-corrected chi connectivity index (χ1v) is 11.2. The zero-order valence-electron chi connectivity index (χ0n) is 11.5. The fourth-order valence-corrected chi connectivity index (χ4v) is 6.51. The summed E-state index contributed by atoms with van der Waals surface area (Å²) in [5, 5.41) is 3.66. The predicted molar refractivity (Wildman–Crippen MR) is 98.1 cm³/mol. The zero-order chi connectivity index (χ0) is 16.4. The summed E-state index contributed by atoms with van der Waals surface area (Å²) < 4.78 is 27.9. The molecule has 0 unspecified atom stereocenters. The quantitative estimate of drug-likeness (QED) is 0.571. The van der Waals surface area contributed by atoms with Crippen molar-refractivity contribution in [3.63, 3.8) is 0 Å². The lowest BCUT2D eigenvalue weighted by Crippen LogP contribution is -2.21. The molecule has 3 rings (SSSR count). The van der Waals surface area contributed by atoms with E-state index in [0.29, 0.717) is 10.4 Å². The number of carbonyl (C=O) groups is 1. The van der Waals surface area contributed by atoms with E-state index in [4.69, 9.17) is 0 Å². The number of thiophene rings is 3. The Kier molecular flexibility index (Phi) is 5.14. The molecule has 4 nitrogen and oxygen atoms in total. The van der Waals surface area contributed by atoms with Gasteiger partial charge in [0.25, 0.3) is 0 Å². The third-order valence-electron chi connectivity index (χ3n) is 2.92. The number of hydrogen-bond donors (Lipinski definition) is 1. The van der Waals surface area contributed by atoms with Crippen LogP contribution in [0.3, 0.4) is 0 Å². The number of carbonyl (C=O) groups excluding carboxylic acids is 1. The highest BCUT2D eigenvalue weighted by Gasteiger charge is 2.17. The van der Waals surface area contributed by atoms with Crippen LogP contribution in [0, 0.1) is 0 Å². The number of rotatable bonds is 6. The van der Waals surface area contributed by atoms with Crippen LogP contribution < -0.4 is 4.72 Å². The van der Waals surface area contributed by atoms with E-state index in [9.17, 15) is 13.2 Å². The fourth-order valence-electron chi connectivity index (χ4n) is 1.81. The van der Waals surface area contributed by atoms with Crippen LogP contribution in [0.1, 0.15) is 20.1 Å². The molecule has 0 atom stereocenters. The van der Waals surface area contributed by atoms with Crippen molar-refractivity contribution < 1.29 is 13.2 Å². The minimum atomic E-state index is -3.53. The summed E-state index contributed by atoms with van der Waals surface area (Å²) in [5.74, 6) is -0.0347. The maximum Gasteiger partial charge on any atom is 0.250 e. The maximum absolute atomic E-state index is 12.2. The van der Waals surface area contributed by atoms with E-state index >= 15 is 0 Å². The van der Waals surface area contributed by atoms with Gasteiger partial charge in [-0.15, -0.1) is 22.7 Å². The van der Waals surface area contributed by atoms with Crippen LogP contribution in [-0.4, -0.2) is 14.2 Å². The zero-order valence-corrected chi connectivity index (χ0v) is 16.3. The topological polar surface area (TPSA) is 63.2 Å². The molecule has 0 bridgehead atoms. The average Bonchev–Trinajstić information content (AvgIpc) is 3.25. The lowest BCUT2D eigenvalue weighted by Gasteiger charge is -2.02. The first kappa shape index (κ1) is 17.0. The Morgan fingerprint density at radius 2 is 1.96 bits per heavy atom. The average molecular weight is 448 g/mol. The monoisotopic (exact) mass is 447 g/mol. The second kappa shape index (κ2) is 6.96. The third-order valence-corrected chi connectivity index (χ3v) is 8.20. The molecule has 0 saturated carbocycles. The third kappa shape index (κ3) is 3.98. The minimum Gasteiger partial charge on any atom is -0.288 e. The van der Waals surface area contributed by atoms with Gasteiger partial charge in [-0.3, -0.25) is 4.79 Å². The number of nitrogens with one attached hydrogen (secondary N) is 1. The summed E-state index contributed by atoms with van der Waals surface area (Å²) in [4.78, 5) is 13.6. The fraction of sp³-hybridized carbons (Fsp3) is 0.0714. The second-order valence-electron chi connectivity index (χ2n) is 4.49. The molecule has 0 aliphatic heterocycles. The van der Waals surface area contributed by atoms with Crippen LogP contribution in [0.15, 0.2) is 49.1 Å². The van der Waals surface area contributed by atoms with E-state index in [1.165, 1.54) is 22.7 Å². The number of ketones is 1. The van der Waals surface area contributed by atoms with Crippen molar-refractivity contribution in [1.29, 1.82) is 0 Å². The molecule has 3 heterocycles. The molecule has 0 aliphatic rings. The molecular weight excluding hydrogens is 438 g/mol. The van der Waals surface area contributed by atoms with Gasteiger partial charge in [0.15, 0.2) is 0 Å². The van der Waals surface area contributed by atoms with Gasteiger partial charge in [0.05, 0.1) is 8.66 Å². The molecule has 120 valence electrons. The predicted octanol–water partition coefficient (Wildman–Crippen LogP) is 4.34. The molecule has 0 fully saturated rings. The highest BCUT2D eigenvalue weighted by Crippen LogP contribution is 2.26. The summed E-state index contributed by atoms with van der Waals surface area (Å²) in [6, 6.07) is 8.54. The molecule has 3 aromatic heterocycles. The lowest BCUT2D eigenvalue weighted by atomic mass is 10.2. The van der Waals surface area contributed by atoms with Crippen molar-refractivity contribution in [3.8, 4) is 0 Å². The SMILES string of the molecule is O=C(c1ccsc1)c1ccc(CNS(=O)(=O)c2ccc(Br)s2)s1. The standard InChI is InChI=1S/C14H10BrNO3S4/c15-12-3-4-13(22-12)23(18,19)16-7-10-1-2-11(21-10)14(17)9-5-6-20-8-9/h1-6,8,16H,7H2. The summed E-state index contributed by atoms with van der Waals surface area (Å²) in [6.45, 7) is 0.166. The maximum atomic E-state index is 12.2. The summed E-state index contributed by atoms with van der Waals surface area (Å²) in [7, 11) is -3.53. The van der Waals surface area contributed by atoms with Crippen LogP contribution in [0.25, 0.3) is 0 Å². The Balaban J connectivity index is 1.69. The van der Waals surface area contributed by atoms with Crippen LogP contribution in [0.2, 0.25) is 0 Å². The van der Waals surface area contributed by atoms with E-state index in [0.717, 1.165) is 20.0 Å². The van der Waals surface area contributed by atoms with Gasteiger partial charge < -0.3 is 0 Å². The van der Waals surface area contributed by atoms with Crippen molar-refractivity contribution in [1.82, 2.24) is 4.72 Å². The lowest BCUT2D eigenvalue weighted by molar-refractivity contribution is 0.104. The number of hydrogen-bond acceptors (Lipinski definition) is 6. The van der Waals surface area contributed by atoms with Gasteiger partial charge in [-0.05, 0) is 51.6 Å². The Labute approximate surface area is 154 Å². The minimum absolute atomic E-state index is 0.0347. The van der Waals surface area contributed by atoms with E-state index in [1.807, 2.05) is 5.38 Å². The molecule has 1 N–H and O–H groups in total. The Morgan fingerprint density at radius 1 is 1.13 bits per heavy atom. The largest absolute Gasteiger partial charge is 0.288 e. The van der Waals surface area contributed by atoms with E-state index in [-0.39, 0.29) is 16.5 Å². The molecule has 0 spiro atoms. The molecular formula is C14H10BrNO3S4. The van der Waals surface area contributed by atoms with Gasteiger partial charge in [-0.2, -0.15) is 11.3 Å². The van der Waals surface area contributed by atoms with Crippen LogP contribution in [0.4, 0.5) is 0 Å². The molecule has 0 amide bonds. The van der Waals surface area contributed by atoms with Crippen LogP contribution >= 0.6 is 49.9 Å². The summed E-state index contributed by atoms with van der Waals surface area (Å²) in [6.07, 6.45) is 0. The van der Waals surface area contributed by atoms with Crippen molar-refractivity contribution >= 4 is 65.7 Å². The van der Waals surface area contributed by atoms with Gasteiger partial charge in [0, 0.05) is 22.4 Å². The normalized spacial score (nSPS) is 11.7. The van der Waals surface area contributed by atoms with Gasteiger partial charge in [0.2, 0.25) is 15.8 Å². The Hall–Kier alpha value is -0.840. The van der Waals surface area contributed by atoms with Crippen molar-refractivity contribution in [3.05, 3.63) is 60.2 Å². The second-order valence-corrected chi connectivity index (χ2v) is 10.9. The molecule has 23 heavy (non-hydrogen) atoms. The summed E-state index contributed by atoms with van der Waals surface area (Å²) in [5.41, 5.74) is 0.660. The van der Waals surface area contributed by atoms with E-state index in [2.05, 4.69) is 20.7 Å². The van der Waals surface area contributed by atoms with Gasteiger partial charge in [0.1, 0.15) is 4.21 Å². The van der Waals surface area contributed by atoms with Crippen molar-refractivity contribution in [2.75, 3.05) is 0 Å². The molecule has 0 aliphatic carbocycles. The number of halogens is 1. The Bertz CT molecular complexity index is 925. The van der Waals surface area contributed by atoms with Gasteiger partial charge in [-0.1, -0.05) is 0 Å². The van der Waals surface area contributed by atoms with Gasteiger partial charge >= 0.3 is 0 Å². The molecule has 0 saturated heterocycles. The smallest absolute Gasteiger partial charge is 0.250 e. The van der Waals surface area contributed by atoms with Gasteiger partial charge in [-0.25, -0.2) is 13.1 Å². The highest BCUT2D eigenvalue weighted by molar-refractivity contribution is 9.11. The van der Waals surface area contributed by atoms with E-state index in [1.54, 1.807) is 35.7 Å². The molecule has 9 heteroatoms. The van der Waals surface area contributed by atoms with Crippen LogP contribution in [0.5, 0.6) is 0 Å². The highest BCUT2D eigenvalue weighted by atomic mass is 79.9. The van der Waals surface area contributed by atoms with E-state index < -0.39 is 10.0 Å². The van der Waals surface area contributed by atoms with Crippen LogP contribution in [-0.2, 0) is 16.6 Å². The molecule has 0 aromatic carbocycles. The first-order valence-electron chi connectivity index (χ1n) is 6.36. The molecule has 0 radical (unpaired) electrons.